The molecule has 6 nitrogen and oxygen atoms in total. The summed E-state index contributed by atoms with van der Waals surface area (Å²) in [5.41, 5.74) is 1.57. The van der Waals surface area contributed by atoms with Crippen LogP contribution in [-0.4, -0.2) is 49.6 Å². The number of carbonyl (C=O) groups is 2. The first-order chi connectivity index (χ1) is 11.4. The fourth-order valence-corrected chi connectivity index (χ4v) is 3.16. The highest BCUT2D eigenvalue weighted by atomic mass is 35.5. The van der Waals surface area contributed by atoms with Crippen molar-refractivity contribution in [3.05, 3.63) is 23.8 Å². The third-order valence-electron chi connectivity index (χ3n) is 4.19. The van der Waals surface area contributed by atoms with Gasteiger partial charge in [0, 0.05) is 18.8 Å². The molecule has 1 unspecified atom stereocenters. The van der Waals surface area contributed by atoms with Crippen LogP contribution < -0.4 is 10.2 Å². The van der Waals surface area contributed by atoms with E-state index in [-0.39, 0.29) is 5.91 Å². The fourth-order valence-electron chi connectivity index (χ4n) is 2.66. The number of nitrogens with zero attached hydrogens (tertiary/aromatic N) is 1. The highest BCUT2D eigenvalue weighted by Gasteiger charge is 2.56. The molecule has 0 aromatic heterocycles. The number of ether oxygens (including phenoxy) is 2. The SMILES string of the molecule is COC(=O)c1cc(N2CCOCC2)ccc1NC(=O)C1CC1(Cl)Cl. The Hall–Kier alpha value is -1.50. The van der Waals surface area contributed by atoms with Gasteiger partial charge in [0.05, 0.1) is 37.5 Å². The summed E-state index contributed by atoms with van der Waals surface area (Å²) in [5, 5.41) is 2.72. The minimum Gasteiger partial charge on any atom is -0.465 e. The third kappa shape index (κ3) is 3.61. The fraction of sp³-hybridized carbons (Fsp3) is 0.500. The van der Waals surface area contributed by atoms with Gasteiger partial charge in [-0.3, -0.25) is 4.79 Å². The number of nitrogens with one attached hydrogen (secondary N) is 1. The number of methoxy groups -OCH3 is 1. The minimum absolute atomic E-state index is 0.297. The molecule has 0 bridgehead atoms. The van der Waals surface area contributed by atoms with Gasteiger partial charge in [0.2, 0.25) is 5.91 Å². The second-order valence-corrected chi connectivity index (χ2v) is 7.37. The van der Waals surface area contributed by atoms with Gasteiger partial charge >= 0.3 is 5.97 Å². The molecular weight excluding hydrogens is 355 g/mol. The Morgan fingerprint density at radius 2 is 2.00 bits per heavy atom. The molecule has 1 aliphatic heterocycles. The van der Waals surface area contributed by atoms with Crippen molar-refractivity contribution in [2.45, 2.75) is 10.8 Å². The van der Waals surface area contributed by atoms with Crippen LogP contribution in [0.1, 0.15) is 16.8 Å². The van der Waals surface area contributed by atoms with Gasteiger partial charge in [-0.05, 0) is 24.6 Å². The summed E-state index contributed by atoms with van der Waals surface area (Å²) in [6, 6.07) is 5.27. The monoisotopic (exact) mass is 372 g/mol. The third-order valence-corrected chi connectivity index (χ3v) is 5.02. The Labute approximate surface area is 150 Å². The lowest BCUT2D eigenvalue weighted by molar-refractivity contribution is -0.117. The van der Waals surface area contributed by atoms with E-state index in [1.807, 2.05) is 6.07 Å². The molecule has 8 heteroatoms. The van der Waals surface area contributed by atoms with Crippen molar-refractivity contribution in [3.8, 4) is 0 Å². The average molecular weight is 373 g/mol. The molecule has 0 radical (unpaired) electrons. The Kier molecular flexibility index (Phi) is 4.90. The van der Waals surface area contributed by atoms with Crippen molar-refractivity contribution in [2.24, 2.45) is 5.92 Å². The number of hydrogen-bond acceptors (Lipinski definition) is 5. The second-order valence-electron chi connectivity index (χ2n) is 5.83. The van der Waals surface area contributed by atoms with E-state index in [0.717, 1.165) is 18.8 Å². The maximum atomic E-state index is 12.2. The van der Waals surface area contributed by atoms with Crippen LogP contribution in [0.2, 0.25) is 0 Å². The van der Waals surface area contributed by atoms with Crippen molar-refractivity contribution in [1.82, 2.24) is 0 Å². The number of benzene rings is 1. The van der Waals surface area contributed by atoms with E-state index in [9.17, 15) is 9.59 Å². The predicted octanol–water partition coefficient (Wildman–Crippen LogP) is 2.44. The molecule has 1 amide bonds. The number of alkyl halides is 2. The predicted molar refractivity (Wildman–Crippen MR) is 92.0 cm³/mol. The average Bonchev–Trinajstić information content (AvgIpc) is 3.24. The number of carbonyl (C=O) groups excluding carboxylic acids is 2. The normalized spacial score (nSPS) is 22.0. The van der Waals surface area contributed by atoms with Gasteiger partial charge in [-0.1, -0.05) is 0 Å². The molecule has 1 aromatic rings. The van der Waals surface area contributed by atoms with Gasteiger partial charge in [-0.25, -0.2) is 4.79 Å². The summed E-state index contributed by atoms with van der Waals surface area (Å²) in [6.45, 7) is 2.77. The molecule has 1 N–H and O–H groups in total. The molecule has 1 heterocycles. The Morgan fingerprint density at radius 3 is 2.58 bits per heavy atom. The number of amides is 1. The van der Waals surface area contributed by atoms with Gasteiger partial charge < -0.3 is 19.7 Å². The smallest absolute Gasteiger partial charge is 0.340 e. The zero-order valence-electron chi connectivity index (χ0n) is 13.2. The Morgan fingerprint density at radius 1 is 1.33 bits per heavy atom. The Bertz CT molecular complexity index is 659. The largest absolute Gasteiger partial charge is 0.465 e. The molecule has 130 valence electrons. The molecule has 3 rings (SSSR count). The van der Waals surface area contributed by atoms with Crippen molar-refractivity contribution < 1.29 is 19.1 Å². The van der Waals surface area contributed by atoms with Gasteiger partial charge in [0.1, 0.15) is 4.33 Å². The van der Waals surface area contributed by atoms with E-state index >= 15 is 0 Å². The van der Waals surface area contributed by atoms with Crippen LogP contribution in [0.15, 0.2) is 18.2 Å². The maximum absolute atomic E-state index is 12.2. The molecule has 0 spiro atoms. The summed E-state index contributed by atoms with van der Waals surface area (Å²) in [4.78, 5) is 26.4. The molecule has 1 aromatic carbocycles. The van der Waals surface area contributed by atoms with Crippen molar-refractivity contribution in [2.75, 3.05) is 43.6 Å². The van der Waals surface area contributed by atoms with Crippen LogP contribution in [0.25, 0.3) is 0 Å². The highest BCUT2D eigenvalue weighted by molar-refractivity contribution is 6.52. The lowest BCUT2D eigenvalue weighted by Gasteiger charge is -2.29. The lowest BCUT2D eigenvalue weighted by Crippen LogP contribution is -2.36. The van der Waals surface area contributed by atoms with E-state index in [4.69, 9.17) is 32.7 Å². The minimum atomic E-state index is -1.01. The molecular formula is C16H18Cl2N2O4. The van der Waals surface area contributed by atoms with Crippen LogP contribution in [0.4, 0.5) is 11.4 Å². The van der Waals surface area contributed by atoms with Crippen molar-refractivity contribution >= 4 is 46.5 Å². The molecule has 2 aliphatic rings. The zero-order chi connectivity index (χ0) is 17.3. The van der Waals surface area contributed by atoms with E-state index in [2.05, 4.69) is 10.2 Å². The van der Waals surface area contributed by atoms with Crippen LogP contribution in [-0.2, 0) is 14.3 Å². The number of hydrogen-bond donors (Lipinski definition) is 1. The summed E-state index contributed by atoms with van der Waals surface area (Å²) >= 11 is 11.8. The molecule has 1 aliphatic carbocycles. The summed E-state index contributed by atoms with van der Waals surface area (Å²) < 4.78 is 9.16. The summed E-state index contributed by atoms with van der Waals surface area (Å²) in [7, 11) is 1.30. The van der Waals surface area contributed by atoms with E-state index < -0.39 is 16.2 Å². The summed E-state index contributed by atoms with van der Waals surface area (Å²) in [6.07, 6.45) is 0.404. The Balaban J connectivity index is 1.82. The van der Waals surface area contributed by atoms with E-state index in [0.29, 0.717) is 30.9 Å². The van der Waals surface area contributed by atoms with Crippen LogP contribution in [0.5, 0.6) is 0 Å². The first-order valence-corrected chi connectivity index (χ1v) is 8.42. The molecule has 1 saturated heterocycles. The number of esters is 1. The van der Waals surface area contributed by atoms with Crippen molar-refractivity contribution in [1.29, 1.82) is 0 Å². The van der Waals surface area contributed by atoms with E-state index in [1.165, 1.54) is 7.11 Å². The zero-order valence-corrected chi connectivity index (χ0v) is 14.7. The first kappa shape index (κ1) is 17.3. The van der Waals surface area contributed by atoms with Crippen LogP contribution in [0.3, 0.4) is 0 Å². The molecule has 1 atom stereocenters. The standard InChI is InChI=1S/C16H18Cl2N2O4/c1-23-15(22)11-8-10(20-4-6-24-7-5-20)2-3-13(11)19-14(21)12-9-16(12,17)18/h2-3,8,12H,4-7,9H2,1H3,(H,19,21). The number of halogens is 2. The quantitative estimate of drug-likeness (QED) is 0.649. The number of rotatable bonds is 4. The first-order valence-electron chi connectivity index (χ1n) is 7.66. The van der Waals surface area contributed by atoms with Crippen molar-refractivity contribution in [3.63, 3.8) is 0 Å². The maximum Gasteiger partial charge on any atom is 0.340 e. The van der Waals surface area contributed by atoms with E-state index in [1.54, 1.807) is 12.1 Å². The van der Waals surface area contributed by atoms with Gasteiger partial charge in [-0.15, -0.1) is 23.2 Å². The topological polar surface area (TPSA) is 67.9 Å². The number of morpholine rings is 1. The second kappa shape index (κ2) is 6.78. The van der Waals surface area contributed by atoms with Gasteiger partial charge in [0.15, 0.2) is 0 Å². The number of anilines is 2. The molecule has 2 fully saturated rings. The van der Waals surface area contributed by atoms with Crippen LogP contribution >= 0.6 is 23.2 Å². The van der Waals surface area contributed by atoms with Crippen LogP contribution in [0, 0.1) is 5.92 Å². The summed E-state index contributed by atoms with van der Waals surface area (Å²) in [5.74, 6) is -1.28. The van der Waals surface area contributed by atoms with Gasteiger partial charge in [0.25, 0.3) is 0 Å². The van der Waals surface area contributed by atoms with Gasteiger partial charge in [-0.2, -0.15) is 0 Å². The lowest BCUT2D eigenvalue weighted by atomic mass is 10.1. The molecule has 24 heavy (non-hydrogen) atoms. The molecule has 1 saturated carbocycles. The highest BCUT2D eigenvalue weighted by Crippen LogP contribution is 2.53.